The predicted molar refractivity (Wildman–Crippen MR) is 79.6 cm³/mol. The Kier molecular flexibility index (Phi) is 5.68. The summed E-state index contributed by atoms with van der Waals surface area (Å²) in [7, 11) is 0. The maximum absolute atomic E-state index is 5.87. The summed E-state index contributed by atoms with van der Waals surface area (Å²) in [6.45, 7) is 9.16. The van der Waals surface area contributed by atoms with Gasteiger partial charge in [0.1, 0.15) is 13.2 Å². The van der Waals surface area contributed by atoms with E-state index in [0.29, 0.717) is 19.8 Å². The van der Waals surface area contributed by atoms with Gasteiger partial charge in [-0.25, -0.2) is 0 Å². The highest BCUT2D eigenvalue weighted by Gasteiger charge is 2.17. The average molecular weight is 279 g/mol. The Bertz CT molecular complexity index is 422. The van der Waals surface area contributed by atoms with Crippen molar-refractivity contribution in [3.8, 4) is 11.5 Å². The molecule has 1 N–H and O–H groups in total. The van der Waals surface area contributed by atoms with E-state index in [1.165, 1.54) is 5.56 Å². The van der Waals surface area contributed by atoms with Crippen molar-refractivity contribution in [2.75, 3.05) is 26.4 Å². The first-order valence-corrected chi connectivity index (χ1v) is 7.49. The van der Waals surface area contributed by atoms with E-state index in [1.807, 2.05) is 6.07 Å². The molecule has 1 aliphatic rings. The Hall–Kier alpha value is -1.26. The third-order valence-corrected chi connectivity index (χ3v) is 3.54. The van der Waals surface area contributed by atoms with Crippen LogP contribution in [0.15, 0.2) is 18.2 Å². The lowest BCUT2D eigenvalue weighted by molar-refractivity contribution is 0.0475. The first-order chi connectivity index (χ1) is 9.74. The molecule has 0 aliphatic carbocycles. The van der Waals surface area contributed by atoms with Gasteiger partial charge in [-0.05, 0) is 37.6 Å². The lowest BCUT2D eigenvalue weighted by atomic mass is 10.1. The van der Waals surface area contributed by atoms with Gasteiger partial charge in [0.15, 0.2) is 11.5 Å². The smallest absolute Gasteiger partial charge is 0.161 e. The van der Waals surface area contributed by atoms with Crippen LogP contribution < -0.4 is 14.8 Å². The molecule has 112 valence electrons. The lowest BCUT2D eigenvalue weighted by Crippen LogP contribution is -2.27. The summed E-state index contributed by atoms with van der Waals surface area (Å²) in [6, 6.07) is 6.31. The third-order valence-electron chi connectivity index (χ3n) is 3.54. The van der Waals surface area contributed by atoms with Crippen LogP contribution in [0.25, 0.3) is 0 Å². The molecular formula is C16H25NO3. The maximum Gasteiger partial charge on any atom is 0.161 e. The van der Waals surface area contributed by atoms with Crippen LogP contribution in [-0.4, -0.2) is 32.5 Å². The first-order valence-electron chi connectivity index (χ1n) is 7.49. The number of hydrogen-bond acceptors (Lipinski definition) is 4. The molecule has 0 saturated heterocycles. The molecule has 0 spiro atoms. The second-order valence-electron chi connectivity index (χ2n) is 5.07. The van der Waals surface area contributed by atoms with Crippen molar-refractivity contribution in [3.63, 3.8) is 0 Å². The SMILES string of the molecule is CCNC(COC(C)CC)c1ccc2c(c1)OCCO2. The van der Waals surface area contributed by atoms with E-state index >= 15 is 0 Å². The average Bonchev–Trinajstić information content (AvgIpc) is 2.50. The second kappa shape index (κ2) is 7.50. The Morgan fingerprint density at radius 3 is 2.65 bits per heavy atom. The Morgan fingerprint density at radius 1 is 1.20 bits per heavy atom. The van der Waals surface area contributed by atoms with Gasteiger partial charge in [0, 0.05) is 0 Å². The number of likely N-dealkylation sites (N-methyl/N-ethyl adjacent to an activating group) is 1. The molecule has 1 aliphatic heterocycles. The minimum Gasteiger partial charge on any atom is -0.486 e. The van der Waals surface area contributed by atoms with Gasteiger partial charge in [-0.3, -0.25) is 0 Å². The summed E-state index contributed by atoms with van der Waals surface area (Å²) in [5.41, 5.74) is 1.18. The molecule has 0 saturated carbocycles. The van der Waals surface area contributed by atoms with Crippen LogP contribution >= 0.6 is 0 Å². The molecule has 2 unspecified atom stereocenters. The number of benzene rings is 1. The highest BCUT2D eigenvalue weighted by molar-refractivity contribution is 5.44. The molecule has 0 radical (unpaired) electrons. The molecule has 4 nitrogen and oxygen atoms in total. The zero-order chi connectivity index (χ0) is 14.4. The van der Waals surface area contributed by atoms with Crippen LogP contribution in [0.3, 0.4) is 0 Å². The Balaban J connectivity index is 2.07. The fourth-order valence-corrected chi connectivity index (χ4v) is 2.17. The highest BCUT2D eigenvalue weighted by Crippen LogP contribution is 2.32. The summed E-state index contributed by atoms with van der Waals surface area (Å²) >= 11 is 0. The van der Waals surface area contributed by atoms with Gasteiger partial charge in [-0.2, -0.15) is 0 Å². The van der Waals surface area contributed by atoms with Gasteiger partial charge < -0.3 is 19.5 Å². The third kappa shape index (κ3) is 3.87. The number of fused-ring (bicyclic) bond motifs is 1. The van der Waals surface area contributed by atoms with Crippen LogP contribution in [0.5, 0.6) is 11.5 Å². The zero-order valence-corrected chi connectivity index (χ0v) is 12.6. The van der Waals surface area contributed by atoms with Gasteiger partial charge in [0.25, 0.3) is 0 Å². The predicted octanol–water partition coefficient (Wildman–Crippen LogP) is 2.92. The number of rotatable bonds is 7. The normalized spacial score (nSPS) is 16.8. The van der Waals surface area contributed by atoms with Crippen molar-refractivity contribution in [3.05, 3.63) is 23.8 Å². The number of hydrogen-bond donors (Lipinski definition) is 1. The molecule has 2 rings (SSSR count). The summed E-state index contributed by atoms with van der Waals surface area (Å²) in [4.78, 5) is 0. The molecular weight excluding hydrogens is 254 g/mol. The summed E-state index contributed by atoms with van der Waals surface area (Å²) in [6.07, 6.45) is 1.31. The summed E-state index contributed by atoms with van der Waals surface area (Å²) in [5.74, 6) is 1.67. The van der Waals surface area contributed by atoms with Crippen LogP contribution in [-0.2, 0) is 4.74 Å². The van der Waals surface area contributed by atoms with Crippen molar-refractivity contribution in [2.24, 2.45) is 0 Å². The van der Waals surface area contributed by atoms with Crippen molar-refractivity contribution < 1.29 is 14.2 Å². The molecule has 2 atom stereocenters. The lowest BCUT2D eigenvalue weighted by Gasteiger charge is -2.23. The molecule has 4 heteroatoms. The summed E-state index contributed by atoms with van der Waals surface area (Å²) < 4.78 is 17.1. The van der Waals surface area contributed by atoms with E-state index in [2.05, 4.69) is 38.2 Å². The van der Waals surface area contributed by atoms with Crippen molar-refractivity contribution >= 4 is 0 Å². The van der Waals surface area contributed by atoms with E-state index < -0.39 is 0 Å². The zero-order valence-electron chi connectivity index (χ0n) is 12.6. The molecule has 0 fully saturated rings. The van der Waals surface area contributed by atoms with E-state index in [0.717, 1.165) is 24.5 Å². The molecule has 0 aromatic heterocycles. The topological polar surface area (TPSA) is 39.7 Å². The number of ether oxygens (including phenoxy) is 3. The summed E-state index contributed by atoms with van der Waals surface area (Å²) in [5, 5.41) is 3.46. The van der Waals surface area contributed by atoms with Gasteiger partial charge in [0.05, 0.1) is 18.8 Å². The molecule has 20 heavy (non-hydrogen) atoms. The first kappa shape index (κ1) is 15.1. The fraction of sp³-hybridized carbons (Fsp3) is 0.625. The maximum atomic E-state index is 5.87. The minimum absolute atomic E-state index is 0.185. The van der Waals surface area contributed by atoms with Gasteiger partial charge in [-0.1, -0.05) is 19.9 Å². The van der Waals surface area contributed by atoms with Crippen molar-refractivity contribution in [1.29, 1.82) is 0 Å². The minimum atomic E-state index is 0.185. The molecule has 1 aromatic carbocycles. The van der Waals surface area contributed by atoms with Gasteiger partial charge in [-0.15, -0.1) is 0 Å². The largest absolute Gasteiger partial charge is 0.486 e. The van der Waals surface area contributed by atoms with Crippen LogP contribution in [0.4, 0.5) is 0 Å². The molecule has 1 aromatic rings. The van der Waals surface area contributed by atoms with Crippen molar-refractivity contribution in [2.45, 2.75) is 39.3 Å². The highest BCUT2D eigenvalue weighted by atomic mass is 16.6. The van der Waals surface area contributed by atoms with E-state index in [9.17, 15) is 0 Å². The fourth-order valence-electron chi connectivity index (χ4n) is 2.17. The van der Waals surface area contributed by atoms with Crippen molar-refractivity contribution in [1.82, 2.24) is 5.32 Å². The Morgan fingerprint density at radius 2 is 1.95 bits per heavy atom. The Labute approximate surface area is 121 Å². The van der Waals surface area contributed by atoms with E-state index in [1.54, 1.807) is 0 Å². The van der Waals surface area contributed by atoms with E-state index in [4.69, 9.17) is 14.2 Å². The molecule has 0 bridgehead atoms. The standard InChI is InChI=1S/C16H25NO3/c1-4-12(3)20-11-14(17-5-2)13-6-7-15-16(10-13)19-9-8-18-15/h6-7,10,12,14,17H,4-5,8-9,11H2,1-3H3. The molecule has 1 heterocycles. The monoisotopic (exact) mass is 279 g/mol. The van der Waals surface area contributed by atoms with Crippen LogP contribution in [0, 0.1) is 0 Å². The van der Waals surface area contributed by atoms with Gasteiger partial charge >= 0.3 is 0 Å². The number of nitrogens with one attached hydrogen (secondary N) is 1. The van der Waals surface area contributed by atoms with Crippen LogP contribution in [0.1, 0.15) is 38.8 Å². The van der Waals surface area contributed by atoms with Gasteiger partial charge in [0.2, 0.25) is 0 Å². The second-order valence-corrected chi connectivity index (χ2v) is 5.07. The quantitative estimate of drug-likeness (QED) is 0.833. The van der Waals surface area contributed by atoms with Crippen LogP contribution in [0.2, 0.25) is 0 Å². The molecule has 0 amide bonds. The van der Waals surface area contributed by atoms with E-state index in [-0.39, 0.29) is 12.1 Å².